The summed E-state index contributed by atoms with van der Waals surface area (Å²) in [6.07, 6.45) is 3.37. The highest BCUT2D eigenvalue weighted by Crippen LogP contribution is 2.28. The summed E-state index contributed by atoms with van der Waals surface area (Å²) in [6, 6.07) is 0. The highest BCUT2D eigenvalue weighted by Gasteiger charge is 2.41. The summed E-state index contributed by atoms with van der Waals surface area (Å²) in [5.74, 6) is 0.203. The second-order valence-electron chi connectivity index (χ2n) is 5.85. The Morgan fingerprint density at radius 2 is 1.70 bits per heavy atom. The van der Waals surface area contributed by atoms with Gasteiger partial charge in [-0.15, -0.1) is 0 Å². The maximum atomic E-state index is 10.4. The van der Waals surface area contributed by atoms with Gasteiger partial charge in [-0.1, -0.05) is 33.6 Å². The van der Waals surface area contributed by atoms with Gasteiger partial charge in [0.1, 0.15) is 12.2 Å². The minimum absolute atomic E-state index is 0.0878. The van der Waals surface area contributed by atoms with Gasteiger partial charge in [0.05, 0.1) is 18.8 Å². The van der Waals surface area contributed by atoms with Crippen LogP contribution in [0, 0.1) is 5.92 Å². The predicted octanol–water partition coefficient (Wildman–Crippen LogP) is 2.77. The largest absolute Gasteiger partial charge is 0.388 e. The molecule has 20 heavy (non-hydrogen) atoms. The van der Waals surface area contributed by atoms with E-state index in [1.807, 2.05) is 6.92 Å². The first-order chi connectivity index (χ1) is 9.61. The number of unbranched alkanes of at least 4 members (excludes halogenated alkanes) is 2. The summed E-state index contributed by atoms with van der Waals surface area (Å²) in [6.45, 7) is 10.3. The highest BCUT2D eigenvalue weighted by molar-refractivity contribution is 4.89. The molecule has 0 bridgehead atoms. The molecule has 0 aromatic heterocycles. The van der Waals surface area contributed by atoms with Crippen molar-refractivity contribution in [3.05, 3.63) is 0 Å². The van der Waals surface area contributed by atoms with E-state index in [1.165, 1.54) is 0 Å². The second-order valence-corrected chi connectivity index (χ2v) is 5.85. The summed E-state index contributed by atoms with van der Waals surface area (Å²) in [4.78, 5) is 0. The molecule has 2 unspecified atom stereocenters. The van der Waals surface area contributed by atoms with Crippen molar-refractivity contribution in [1.29, 1.82) is 0 Å². The number of aliphatic hydroxyl groups excluding tert-OH is 1. The lowest BCUT2D eigenvalue weighted by Gasteiger charge is -2.42. The third-order valence-electron chi connectivity index (χ3n) is 4.10. The van der Waals surface area contributed by atoms with Crippen molar-refractivity contribution in [2.45, 2.75) is 77.8 Å². The lowest BCUT2D eigenvalue weighted by Crippen LogP contribution is -2.55. The lowest BCUT2D eigenvalue weighted by atomic mass is 9.88. The Labute approximate surface area is 123 Å². The van der Waals surface area contributed by atoms with Crippen LogP contribution in [0.5, 0.6) is 0 Å². The van der Waals surface area contributed by atoms with Gasteiger partial charge in [0.2, 0.25) is 0 Å². The number of rotatable bonds is 9. The van der Waals surface area contributed by atoms with E-state index in [2.05, 4.69) is 20.8 Å². The van der Waals surface area contributed by atoms with E-state index in [9.17, 15) is 5.11 Å². The molecule has 0 amide bonds. The molecule has 1 rings (SSSR count). The van der Waals surface area contributed by atoms with Gasteiger partial charge in [-0.05, 0) is 19.8 Å². The first-order valence-corrected chi connectivity index (χ1v) is 8.14. The van der Waals surface area contributed by atoms with Crippen molar-refractivity contribution in [2.24, 2.45) is 5.92 Å². The molecule has 1 aliphatic rings. The molecule has 120 valence electrons. The van der Waals surface area contributed by atoms with E-state index in [0.717, 1.165) is 32.3 Å². The monoisotopic (exact) mass is 288 g/mol. The topological polar surface area (TPSA) is 47.9 Å². The maximum absolute atomic E-state index is 10.4. The van der Waals surface area contributed by atoms with Crippen LogP contribution in [0.25, 0.3) is 0 Å². The molecule has 4 heteroatoms. The molecule has 4 nitrogen and oxygen atoms in total. The first-order valence-electron chi connectivity index (χ1n) is 8.14. The summed E-state index contributed by atoms with van der Waals surface area (Å²) in [7, 11) is 0. The van der Waals surface area contributed by atoms with Gasteiger partial charge < -0.3 is 19.3 Å². The normalized spacial score (nSPS) is 34.4. The Morgan fingerprint density at radius 3 is 2.35 bits per heavy atom. The molecule has 1 N–H and O–H groups in total. The molecule has 0 spiro atoms. The maximum Gasteiger partial charge on any atom is 0.110 e. The molecule has 5 atom stereocenters. The van der Waals surface area contributed by atoms with Crippen LogP contribution in [-0.4, -0.2) is 49.3 Å². The molecular weight excluding hydrogens is 256 g/mol. The summed E-state index contributed by atoms with van der Waals surface area (Å²) in [5.41, 5.74) is 0. The Hall–Kier alpha value is -0.160. The standard InChI is InChI=1S/C16H32O4/c1-5-7-9-18-11-14-15(17)16(19-10-8-6-2)12(3)13(4)20-14/h12-17H,5-11H2,1-4H3/t12-,13-,14?,15-,16?/m1/s1. The SMILES string of the molecule is CCCCOCC1O[C@H](C)[C@@H](C)C(OCCCC)[C@@H]1O. The first kappa shape index (κ1) is 17.9. The number of aliphatic hydroxyl groups is 1. The minimum atomic E-state index is -0.598. The van der Waals surface area contributed by atoms with Gasteiger partial charge in [0.15, 0.2) is 0 Å². The Balaban J connectivity index is 2.46. The number of ether oxygens (including phenoxy) is 3. The van der Waals surface area contributed by atoms with Crippen LogP contribution in [0.2, 0.25) is 0 Å². The van der Waals surface area contributed by atoms with Crippen LogP contribution < -0.4 is 0 Å². The molecule has 0 aliphatic carbocycles. The Kier molecular flexibility index (Phi) is 8.69. The van der Waals surface area contributed by atoms with Gasteiger partial charge in [-0.25, -0.2) is 0 Å². The Bertz CT molecular complexity index is 247. The van der Waals surface area contributed by atoms with E-state index in [1.54, 1.807) is 0 Å². The molecule has 1 fully saturated rings. The fourth-order valence-corrected chi connectivity index (χ4v) is 2.47. The van der Waals surface area contributed by atoms with Gasteiger partial charge in [-0.3, -0.25) is 0 Å². The predicted molar refractivity (Wildman–Crippen MR) is 79.9 cm³/mol. The van der Waals surface area contributed by atoms with Crippen molar-refractivity contribution in [3.63, 3.8) is 0 Å². The molecule has 0 radical (unpaired) electrons. The van der Waals surface area contributed by atoms with Crippen LogP contribution in [0.1, 0.15) is 53.4 Å². The summed E-state index contributed by atoms with van der Waals surface area (Å²) in [5, 5.41) is 10.4. The zero-order valence-corrected chi connectivity index (χ0v) is 13.5. The van der Waals surface area contributed by atoms with Gasteiger partial charge in [0.25, 0.3) is 0 Å². The van der Waals surface area contributed by atoms with E-state index in [4.69, 9.17) is 14.2 Å². The van der Waals surface area contributed by atoms with Crippen LogP contribution in [-0.2, 0) is 14.2 Å². The molecule has 1 heterocycles. The van der Waals surface area contributed by atoms with Crippen molar-refractivity contribution in [1.82, 2.24) is 0 Å². The molecule has 0 saturated carbocycles. The highest BCUT2D eigenvalue weighted by atomic mass is 16.6. The van der Waals surface area contributed by atoms with Gasteiger partial charge in [-0.2, -0.15) is 0 Å². The smallest absolute Gasteiger partial charge is 0.110 e. The third-order valence-corrected chi connectivity index (χ3v) is 4.10. The van der Waals surface area contributed by atoms with E-state index < -0.39 is 6.10 Å². The van der Waals surface area contributed by atoms with Crippen LogP contribution >= 0.6 is 0 Å². The second kappa shape index (κ2) is 9.72. The quantitative estimate of drug-likeness (QED) is 0.663. The van der Waals surface area contributed by atoms with E-state index in [0.29, 0.717) is 13.2 Å². The fourth-order valence-electron chi connectivity index (χ4n) is 2.47. The van der Waals surface area contributed by atoms with Crippen LogP contribution in [0.3, 0.4) is 0 Å². The third kappa shape index (κ3) is 5.32. The summed E-state index contributed by atoms with van der Waals surface area (Å²) >= 11 is 0. The lowest BCUT2D eigenvalue weighted by molar-refractivity contribution is -0.218. The van der Waals surface area contributed by atoms with Gasteiger partial charge in [0, 0.05) is 19.1 Å². The van der Waals surface area contributed by atoms with Crippen LogP contribution in [0.15, 0.2) is 0 Å². The summed E-state index contributed by atoms with van der Waals surface area (Å²) < 4.78 is 17.4. The number of hydrogen-bond donors (Lipinski definition) is 1. The van der Waals surface area contributed by atoms with Crippen molar-refractivity contribution in [3.8, 4) is 0 Å². The fraction of sp³-hybridized carbons (Fsp3) is 1.00. The van der Waals surface area contributed by atoms with Crippen molar-refractivity contribution < 1.29 is 19.3 Å². The van der Waals surface area contributed by atoms with E-state index >= 15 is 0 Å². The van der Waals surface area contributed by atoms with Crippen molar-refractivity contribution >= 4 is 0 Å². The molecule has 0 aromatic rings. The minimum Gasteiger partial charge on any atom is -0.388 e. The number of hydrogen-bond acceptors (Lipinski definition) is 4. The molecule has 1 saturated heterocycles. The molecule has 0 aromatic carbocycles. The van der Waals surface area contributed by atoms with Crippen molar-refractivity contribution in [2.75, 3.05) is 19.8 Å². The molecular formula is C16H32O4. The Morgan fingerprint density at radius 1 is 1.05 bits per heavy atom. The van der Waals surface area contributed by atoms with Gasteiger partial charge >= 0.3 is 0 Å². The van der Waals surface area contributed by atoms with Crippen LogP contribution in [0.4, 0.5) is 0 Å². The zero-order chi connectivity index (χ0) is 15.0. The van der Waals surface area contributed by atoms with E-state index in [-0.39, 0.29) is 24.2 Å². The zero-order valence-electron chi connectivity index (χ0n) is 13.5. The average molecular weight is 288 g/mol. The molecule has 1 aliphatic heterocycles. The average Bonchev–Trinajstić information content (AvgIpc) is 2.44.